The first kappa shape index (κ1) is 46.4. The Kier molecular flexibility index (Phi) is 14.9. The van der Waals surface area contributed by atoms with Gasteiger partial charge in [0.2, 0.25) is 0 Å². The molecule has 0 bridgehead atoms. The number of carbonyl (C=O) groups is 2. The second-order valence-electron chi connectivity index (χ2n) is 14.1. The lowest BCUT2D eigenvalue weighted by atomic mass is 9.79. The summed E-state index contributed by atoms with van der Waals surface area (Å²) in [5.41, 5.74) is 6.71. The summed E-state index contributed by atoms with van der Waals surface area (Å²) in [6.07, 6.45) is 0. The van der Waals surface area contributed by atoms with Gasteiger partial charge < -0.3 is 19.9 Å². The fourth-order valence-electron chi connectivity index (χ4n) is 5.65. The molecule has 0 aliphatic carbocycles. The molecule has 1 aliphatic rings. The molecule has 2 amide bonds. The van der Waals surface area contributed by atoms with Crippen LogP contribution >= 0.6 is 84.5 Å². The summed E-state index contributed by atoms with van der Waals surface area (Å²) >= 11 is 21.7. The molecule has 0 atom stereocenters. The van der Waals surface area contributed by atoms with Crippen molar-refractivity contribution in [2.45, 2.75) is 46.3 Å². The van der Waals surface area contributed by atoms with Gasteiger partial charge in [-0.2, -0.15) is 0 Å². The molecule has 4 aromatic carbocycles. The molecule has 1 fully saturated rings. The van der Waals surface area contributed by atoms with Crippen LogP contribution in [0.3, 0.4) is 0 Å². The number of anilines is 2. The summed E-state index contributed by atoms with van der Waals surface area (Å²) in [4.78, 5) is 34.4. The third-order valence-electron chi connectivity index (χ3n) is 9.51. The lowest BCUT2D eigenvalue weighted by molar-refractivity contribution is 0.00578. The van der Waals surface area contributed by atoms with E-state index in [0.29, 0.717) is 19.8 Å². The second-order valence-corrected chi connectivity index (χ2v) is 20.2. The van der Waals surface area contributed by atoms with Gasteiger partial charge in [-0.25, -0.2) is 18.7 Å². The maximum absolute atomic E-state index is 13.7. The molecule has 1 saturated heterocycles. The number of nitrogens with one attached hydrogen (secondary N) is 2. The average Bonchev–Trinajstić information content (AvgIpc) is 4.05. The lowest BCUT2D eigenvalue weighted by Crippen LogP contribution is -2.41. The van der Waals surface area contributed by atoms with Crippen LogP contribution in [0.15, 0.2) is 112 Å². The third-order valence-corrected chi connectivity index (χ3v) is 14.5. The molecule has 1 aliphatic heterocycles. The molecule has 4 aromatic heterocycles. The highest BCUT2D eigenvalue weighted by Crippen LogP contribution is 2.39. The minimum absolute atomic E-state index is 0. The van der Waals surface area contributed by atoms with E-state index in [-0.39, 0.29) is 41.8 Å². The van der Waals surface area contributed by atoms with Gasteiger partial charge in [0.1, 0.15) is 11.6 Å². The van der Waals surface area contributed by atoms with Crippen molar-refractivity contribution in [1.29, 1.82) is 0 Å². The van der Waals surface area contributed by atoms with Crippen LogP contribution in [0.25, 0.3) is 30.9 Å². The van der Waals surface area contributed by atoms with E-state index >= 15 is 0 Å². The highest BCUT2D eigenvalue weighted by molar-refractivity contribution is 9.11. The standard InChI is InChI=1S/C18H10ClFN2OS2.C13H15BClNO2S.C11H7BrFNOS.CH4/c19-11-8-14-17(24-9-21-14)7-10(11)15-5-6-16(25-15)18(23)22-13-4-2-1-3-12(13)20;1-12(2)13(3,4)18-14(17-12)8-5-11-10(6-9(8)15)16-7-19-11;12-10-6-5-9(16-10)11(15)14-8-4-2-1-3-7(8)13;/h1-9H,(H,22,23);5-7H,1-4H3;1-6H,(H,14,15);1H4. The highest BCUT2D eigenvalue weighted by Gasteiger charge is 2.52. The van der Waals surface area contributed by atoms with E-state index in [1.54, 1.807) is 59.3 Å². The molecule has 5 heterocycles. The molecule has 8 nitrogen and oxygen atoms in total. The number of para-hydroxylation sites is 2. The number of benzene rings is 4. The molecule has 0 saturated carbocycles. The zero-order valence-electron chi connectivity index (χ0n) is 32.0. The molecule has 9 rings (SSSR count). The van der Waals surface area contributed by atoms with E-state index in [4.69, 9.17) is 32.5 Å². The van der Waals surface area contributed by atoms with E-state index < -0.39 is 18.8 Å². The molecule has 0 unspecified atom stereocenters. The molecule has 61 heavy (non-hydrogen) atoms. The van der Waals surface area contributed by atoms with Crippen LogP contribution in [-0.4, -0.2) is 40.1 Å². The van der Waals surface area contributed by atoms with Crippen molar-refractivity contribution in [3.05, 3.63) is 143 Å². The monoisotopic (exact) mass is 998 g/mol. The largest absolute Gasteiger partial charge is 0.496 e. The smallest absolute Gasteiger partial charge is 0.399 e. The van der Waals surface area contributed by atoms with Crippen molar-refractivity contribution in [2.75, 3.05) is 10.6 Å². The number of amides is 2. The number of hydrogen-bond acceptors (Lipinski definition) is 10. The van der Waals surface area contributed by atoms with Crippen LogP contribution in [0.2, 0.25) is 10.0 Å². The summed E-state index contributed by atoms with van der Waals surface area (Å²) in [6, 6.07) is 26.8. The Labute approximate surface area is 386 Å². The summed E-state index contributed by atoms with van der Waals surface area (Å²) < 4.78 is 42.0. The Balaban J connectivity index is 0.000000156. The van der Waals surface area contributed by atoms with Gasteiger partial charge in [-0.15, -0.1) is 45.3 Å². The number of fused-ring (bicyclic) bond motifs is 2. The van der Waals surface area contributed by atoms with Gasteiger partial charge in [0.15, 0.2) is 0 Å². The number of thiophene rings is 2. The number of nitrogens with zero attached hydrogens (tertiary/aromatic N) is 2. The Bertz CT molecular complexity index is 2830. The van der Waals surface area contributed by atoms with Crippen molar-refractivity contribution in [3.63, 3.8) is 0 Å². The van der Waals surface area contributed by atoms with Crippen LogP contribution in [0, 0.1) is 11.6 Å². The first-order chi connectivity index (χ1) is 28.6. The first-order valence-corrected chi connectivity index (χ1v) is 22.9. The Morgan fingerprint density at radius 2 is 1.18 bits per heavy atom. The maximum atomic E-state index is 13.7. The van der Waals surface area contributed by atoms with Gasteiger partial charge in [0.25, 0.3) is 11.8 Å². The van der Waals surface area contributed by atoms with Crippen LogP contribution in [0.1, 0.15) is 54.5 Å². The third kappa shape index (κ3) is 10.8. The van der Waals surface area contributed by atoms with Crippen molar-refractivity contribution in [2.24, 2.45) is 0 Å². The van der Waals surface area contributed by atoms with Crippen molar-refractivity contribution in [1.82, 2.24) is 9.97 Å². The molecular formula is C43H36BBrCl2F2N4O4S4. The minimum atomic E-state index is -0.466. The van der Waals surface area contributed by atoms with Gasteiger partial charge in [-0.3, -0.25) is 9.59 Å². The minimum Gasteiger partial charge on any atom is -0.399 e. The van der Waals surface area contributed by atoms with E-state index in [2.05, 4.69) is 36.5 Å². The fraction of sp³-hybridized carbons (Fsp3) is 0.163. The molecule has 0 spiro atoms. The highest BCUT2D eigenvalue weighted by atomic mass is 79.9. The number of thiazole rings is 2. The molecule has 8 aromatic rings. The molecule has 314 valence electrons. The molecule has 2 N–H and O–H groups in total. The summed E-state index contributed by atoms with van der Waals surface area (Å²) in [6.45, 7) is 8.14. The average molecular weight is 1000 g/mol. The van der Waals surface area contributed by atoms with E-state index in [1.807, 2.05) is 63.5 Å². The van der Waals surface area contributed by atoms with Gasteiger partial charge in [-0.05, 0) is 116 Å². The number of aromatic nitrogens is 2. The Hall–Kier alpha value is -4.10. The van der Waals surface area contributed by atoms with Gasteiger partial charge in [0.05, 0.1) is 72.6 Å². The van der Waals surface area contributed by atoms with Gasteiger partial charge in [-0.1, -0.05) is 54.9 Å². The SMILES string of the molecule is C.CC1(C)OB(c2cc3scnc3cc2Cl)OC1(C)C.O=C(Nc1ccccc1F)c1ccc(-c2cc3scnc3cc2Cl)s1.O=C(Nc1ccccc1F)c1ccc(Br)s1. The molecule has 18 heteroatoms. The number of rotatable bonds is 6. The zero-order valence-corrected chi connectivity index (χ0v) is 38.4. The quantitative estimate of drug-likeness (QED) is 0.161. The lowest BCUT2D eigenvalue weighted by Gasteiger charge is -2.32. The van der Waals surface area contributed by atoms with Gasteiger partial charge >= 0.3 is 7.12 Å². The van der Waals surface area contributed by atoms with Crippen molar-refractivity contribution >= 4 is 141 Å². The Morgan fingerprint density at radius 1 is 0.689 bits per heavy atom. The first-order valence-electron chi connectivity index (χ1n) is 18.0. The Morgan fingerprint density at radius 3 is 1.70 bits per heavy atom. The van der Waals surface area contributed by atoms with Gasteiger partial charge in [0, 0.05) is 20.9 Å². The maximum Gasteiger partial charge on any atom is 0.496 e. The summed E-state index contributed by atoms with van der Waals surface area (Å²) in [5.74, 6) is -1.56. The van der Waals surface area contributed by atoms with E-state index in [1.165, 1.54) is 58.3 Å². The normalized spacial score (nSPS) is 13.8. The molecule has 0 radical (unpaired) electrons. The number of halogens is 5. The summed E-state index contributed by atoms with van der Waals surface area (Å²) in [7, 11) is -0.427. The van der Waals surface area contributed by atoms with Crippen LogP contribution < -0.4 is 16.1 Å². The topological polar surface area (TPSA) is 102 Å². The molecular weight excluding hydrogens is 964 g/mol. The van der Waals surface area contributed by atoms with Crippen LogP contribution in [0.5, 0.6) is 0 Å². The fourth-order valence-corrected chi connectivity index (χ4v) is 9.83. The number of hydrogen-bond donors (Lipinski definition) is 2. The predicted octanol–water partition coefficient (Wildman–Crippen LogP) is 13.9. The summed E-state index contributed by atoms with van der Waals surface area (Å²) in [5, 5.41) is 6.32. The zero-order chi connectivity index (χ0) is 42.8. The van der Waals surface area contributed by atoms with E-state index in [0.717, 1.165) is 40.1 Å². The second kappa shape index (κ2) is 19.5. The van der Waals surface area contributed by atoms with Crippen LogP contribution in [-0.2, 0) is 9.31 Å². The predicted molar refractivity (Wildman–Crippen MR) is 256 cm³/mol. The number of carbonyl (C=O) groups excluding carboxylic acids is 2. The van der Waals surface area contributed by atoms with Crippen molar-refractivity contribution < 1.29 is 27.7 Å². The van der Waals surface area contributed by atoms with Crippen molar-refractivity contribution in [3.8, 4) is 10.4 Å². The van der Waals surface area contributed by atoms with E-state index in [9.17, 15) is 18.4 Å². The van der Waals surface area contributed by atoms with Crippen LogP contribution in [0.4, 0.5) is 20.2 Å².